The Bertz CT molecular complexity index is 1660. The minimum absolute atomic E-state index is 0.128. The monoisotopic (exact) mass is 741 g/mol. The Morgan fingerprint density at radius 2 is 1.15 bits per heavy atom. The zero-order chi connectivity index (χ0) is 38.2. The summed E-state index contributed by atoms with van der Waals surface area (Å²) in [6.07, 6.45) is -5.38. The van der Waals surface area contributed by atoms with Gasteiger partial charge in [0, 0.05) is 0 Å². The van der Waals surface area contributed by atoms with Crippen molar-refractivity contribution in [2.45, 2.75) is 95.7 Å². The van der Waals surface area contributed by atoms with Crippen LogP contribution in [0.1, 0.15) is 43.0 Å². The van der Waals surface area contributed by atoms with Gasteiger partial charge in [0.25, 0.3) is 0 Å². The fourth-order valence-corrected chi connectivity index (χ4v) is 5.92. The molecule has 0 radical (unpaired) electrons. The summed E-state index contributed by atoms with van der Waals surface area (Å²) >= 11 is 0. The first kappa shape index (κ1) is 40.8. The summed E-state index contributed by atoms with van der Waals surface area (Å²) in [6.45, 7) is 9.69. The molecule has 1 N–H and O–H groups in total. The van der Waals surface area contributed by atoms with E-state index in [-0.39, 0.29) is 33.0 Å². The van der Waals surface area contributed by atoms with Crippen molar-refractivity contribution in [2.24, 2.45) is 0 Å². The van der Waals surface area contributed by atoms with Gasteiger partial charge in [-0.25, -0.2) is 9.18 Å². The first-order valence-corrected chi connectivity index (χ1v) is 18.3. The van der Waals surface area contributed by atoms with E-state index in [4.69, 9.17) is 33.2 Å². The molecule has 1 amide bonds. The Labute approximate surface area is 318 Å². The Balaban J connectivity index is 1.46. The molecular weight excluding hydrogens is 689 g/mol. The molecule has 10 heteroatoms. The van der Waals surface area contributed by atoms with Gasteiger partial charge >= 0.3 is 6.09 Å². The number of halogens is 1. The molecule has 0 unspecified atom stereocenters. The molecule has 1 saturated heterocycles. The van der Waals surface area contributed by atoms with Gasteiger partial charge in [-0.05, 0) is 43.0 Å². The third-order valence-electron chi connectivity index (χ3n) is 8.59. The highest BCUT2D eigenvalue weighted by Crippen LogP contribution is 2.32. The van der Waals surface area contributed by atoms with Crippen molar-refractivity contribution in [2.75, 3.05) is 13.2 Å². The number of nitrogens with one attached hydrogen (secondary N) is 1. The predicted octanol–water partition coefficient (Wildman–Crippen LogP) is 8.12. The minimum Gasteiger partial charge on any atom is -0.444 e. The van der Waals surface area contributed by atoms with Crippen LogP contribution < -0.4 is 5.32 Å². The van der Waals surface area contributed by atoms with E-state index < -0.39 is 54.6 Å². The number of alkyl carbamates (subject to hydrolysis) is 1. The number of rotatable bonds is 19. The first-order chi connectivity index (χ1) is 26.2. The number of alkyl halides is 1. The van der Waals surface area contributed by atoms with Crippen molar-refractivity contribution in [1.29, 1.82) is 0 Å². The van der Waals surface area contributed by atoms with Crippen LogP contribution in [0.15, 0.2) is 134 Å². The SMILES string of the molecule is C=C[C@@H](F)[C@H](CO[C@H]1O[C@H](COCc2ccccc2)[C@H](OCc2ccccc2)[C@H](OCc2ccccc2)[C@H]1OCc1ccccc1)NC(=O)OC(C)(C)C. The molecule has 1 fully saturated rings. The van der Waals surface area contributed by atoms with E-state index in [9.17, 15) is 4.79 Å². The summed E-state index contributed by atoms with van der Waals surface area (Å²) in [4.78, 5) is 12.8. The molecule has 7 atom stereocenters. The summed E-state index contributed by atoms with van der Waals surface area (Å²) in [7, 11) is 0. The predicted molar refractivity (Wildman–Crippen MR) is 204 cm³/mol. The second-order valence-corrected chi connectivity index (χ2v) is 14.1. The van der Waals surface area contributed by atoms with E-state index >= 15 is 4.39 Å². The van der Waals surface area contributed by atoms with Gasteiger partial charge in [0.1, 0.15) is 36.2 Å². The van der Waals surface area contributed by atoms with Gasteiger partial charge in [0.2, 0.25) is 0 Å². The average Bonchev–Trinajstić information content (AvgIpc) is 3.18. The van der Waals surface area contributed by atoms with E-state index in [1.165, 1.54) is 0 Å². The van der Waals surface area contributed by atoms with Crippen molar-refractivity contribution in [3.63, 3.8) is 0 Å². The lowest BCUT2D eigenvalue weighted by atomic mass is 9.97. The quantitative estimate of drug-likeness (QED) is 0.0964. The number of ether oxygens (including phenoxy) is 7. The van der Waals surface area contributed by atoms with Crippen LogP contribution in [0.3, 0.4) is 0 Å². The molecule has 0 saturated carbocycles. The normalized spacial score (nSPS) is 21.1. The molecule has 0 spiro atoms. The molecule has 1 heterocycles. The maximum Gasteiger partial charge on any atom is 0.408 e. The van der Waals surface area contributed by atoms with Gasteiger partial charge in [-0.1, -0.05) is 127 Å². The van der Waals surface area contributed by atoms with Crippen LogP contribution in [-0.2, 0) is 59.6 Å². The third-order valence-corrected chi connectivity index (χ3v) is 8.59. The van der Waals surface area contributed by atoms with Crippen molar-refractivity contribution in [3.8, 4) is 0 Å². The molecule has 0 aromatic heterocycles. The van der Waals surface area contributed by atoms with Crippen LogP contribution in [0.25, 0.3) is 0 Å². The summed E-state index contributed by atoms with van der Waals surface area (Å²) in [5, 5.41) is 2.60. The Kier molecular flexibility index (Phi) is 15.8. The van der Waals surface area contributed by atoms with Crippen molar-refractivity contribution < 1.29 is 42.3 Å². The largest absolute Gasteiger partial charge is 0.444 e. The van der Waals surface area contributed by atoms with Crippen LogP contribution in [0.5, 0.6) is 0 Å². The van der Waals surface area contributed by atoms with Crippen molar-refractivity contribution in [3.05, 3.63) is 156 Å². The van der Waals surface area contributed by atoms with Crippen molar-refractivity contribution >= 4 is 6.09 Å². The molecular formula is C44H52FNO8. The number of hydrogen-bond acceptors (Lipinski definition) is 8. The number of benzene rings is 4. The molecule has 9 nitrogen and oxygen atoms in total. The molecule has 1 aliphatic heterocycles. The summed E-state index contributed by atoms with van der Waals surface area (Å²) in [5.74, 6) is 0. The highest BCUT2D eigenvalue weighted by atomic mass is 19.1. The minimum atomic E-state index is -1.65. The Morgan fingerprint density at radius 3 is 1.61 bits per heavy atom. The Hall–Kier alpha value is -4.42. The smallest absolute Gasteiger partial charge is 0.408 e. The van der Waals surface area contributed by atoms with Gasteiger partial charge in [-0.2, -0.15) is 0 Å². The van der Waals surface area contributed by atoms with E-state index in [0.29, 0.717) is 6.61 Å². The lowest BCUT2D eigenvalue weighted by Gasteiger charge is -2.46. The van der Waals surface area contributed by atoms with Gasteiger partial charge < -0.3 is 38.5 Å². The van der Waals surface area contributed by atoms with Gasteiger partial charge in [-0.3, -0.25) is 0 Å². The second kappa shape index (κ2) is 20.9. The molecule has 4 aromatic rings. The molecule has 0 bridgehead atoms. The number of hydrogen-bond donors (Lipinski definition) is 1. The Morgan fingerprint density at radius 1 is 0.704 bits per heavy atom. The third kappa shape index (κ3) is 13.2. The van der Waals surface area contributed by atoms with Crippen LogP contribution in [-0.4, -0.2) is 67.8 Å². The van der Waals surface area contributed by atoms with E-state index in [2.05, 4.69) is 11.9 Å². The molecule has 5 rings (SSSR count). The van der Waals surface area contributed by atoms with Gasteiger partial charge in [0.15, 0.2) is 6.29 Å². The fourth-order valence-electron chi connectivity index (χ4n) is 5.92. The van der Waals surface area contributed by atoms with E-state index in [1.807, 2.05) is 121 Å². The lowest BCUT2D eigenvalue weighted by molar-refractivity contribution is -0.329. The van der Waals surface area contributed by atoms with Gasteiger partial charge in [0.05, 0.1) is 45.7 Å². The maximum atomic E-state index is 15.3. The van der Waals surface area contributed by atoms with Crippen molar-refractivity contribution in [1.82, 2.24) is 5.32 Å². The average molecular weight is 742 g/mol. The topological polar surface area (TPSA) is 93.7 Å². The molecule has 0 aliphatic carbocycles. The first-order valence-electron chi connectivity index (χ1n) is 18.3. The number of carbonyl (C=O) groups excluding carboxylic acids is 1. The maximum absolute atomic E-state index is 15.3. The van der Waals surface area contributed by atoms with Crippen LogP contribution in [0, 0.1) is 0 Å². The fraction of sp³-hybridized carbons (Fsp3) is 0.386. The highest BCUT2D eigenvalue weighted by Gasteiger charge is 2.49. The summed E-state index contributed by atoms with van der Waals surface area (Å²) < 4.78 is 60.1. The standard InChI is InChI=1S/C44H52FNO8/c1-5-36(45)37(46-43(47)54-44(2,3)4)30-52-42-41(51-29-35-24-16-9-17-25-35)40(50-28-34-22-14-8-15-23-34)39(49-27-33-20-12-7-13-21-33)38(53-42)31-48-26-32-18-10-6-11-19-32/h5-25,36-42H,1,26-31H2,2-4H3,(H,46,47)/t36-,37+,38-,39+,40+,41-,42+/m1/s1. The van der Waals surface area contributed by atoms with Crippen LogP contribution in [0.4, 0.5) is 9.18 Å². The van der Waals surface area contributed by atoms with Crippen LogP contribution >= 0.6 is 0 Å². The highest BCUT2D eigenvalue weighted by molar-refractivity contribution is 5.68. The zero-order valence-electron chi connectivity index (χ0n) is 31.3. The summed E-state index contributed by atoms with van der Waals surface area (Å²) in [5.41, 5.74) is 3.06. The van der Waals surface area contributed by atoms with E-state index in [0.717, 1.165) is 28.3 Å². The second-order valence-electron chi connectivity index (χ2n) is 14.1. The van der Waals surface area contributed by atoms with Gasteiger partial charge in [-0.15, -0.1) is 6.58 Å². The van der Waals surface area contributed by atoms with Crippen LogP contribution in [0.2, 0.25) is 0 Å². The molecule has 288 valence electrons. The number of carbonyl (C=O) groups is 1. The molecule has 1 aliphatic rings. The zero-order valence-corrected chi connectivity index (χ0v) is 31.3. The molecule has 54 heavy (non-hydrogen) atoms. The number of amides is 1. The van der Waals surface area contributed by atoms with E-state index in [1.54, 1.807) is 20.8 Å². The molecule has 4 aromatic carbocycles. The summed E-state index contributed by atoms with van der Waals surface area (Å²) in [6, 6.07) is 38.1. The lowest BCUT2D eigenvalue weighted by Crippen LogP contribution is -2.62.